The Hall–Kier alpha value is -0.290. The van der Waals surface area contributed by atoms with E-state index >= 15 is 0 Å². The Kier molecular flexibility index (Phi) is 7.78. The standard InChI is InChI=1S/C9H13ClN2OS.ClH/c1-11-6-9(13)12-5-4-7-2-3-8(10)14-7;/h2-3,11H,4-6H2,1H3,(H,12,13);1H. The SMILES string of the molecule is CNCC(=O)NCCc1ccc(Cl)s1.Cl. The molecule has 0 radical (unpaired) electrons. The second kappa shape index (κ2) is 7.93. The van der Waals surface area contributed by atoms with Crippen molar-refractivity contribution in [1.29, 1.82) is 0 Å². The van der Waals surface area contributed by atoms with Gasteiger partial charge in [0.05, 0.1) is 10.9 Å². The van der Waals surface area contributed by atoms with Crippen LogP contribution in [0.1, 0.15) is 4.88 Å². The van der Waals surface area contributed by atoms with Crippen LogP contribution in [0.15, 0.2) is 12.1 Å². The Morgan fingerprint density at radius 2 is 2.27 bits per heavy atom. The molecule has 0 saturated heterocycles. The summed E-state index contributed by atoms with van der Waals surface area (Å²) in [6, 6.07) is 3.86. The average molecular weight is 269 g/mol. The van der Waals surface area contributed by atoms with E-state index in [2.05, 4.69) is 10.6 Å². The minimum absolute atomic E-state index is 0. The molecule has 0 aromatic carbocycles. The molecule has 1 aromatic rings. The fourth-order valence-electron chi connectivity index (χ4n) is 1.03. The van der Waals surface area contributed by atoms with Crippen LogP contribution >= 0.6 is 35.3 Å². The topological polar surface area (TPSA) is 41.1 Å². The van der Waals surface area contributed by atoms with Crippen LogP contribution in [0, 0.1) is 0 Å². The van der Waals surface area contributed by atoms with Crippen molar-refractivity contribution in [3.8, 4) is 0 Å². The molecule has 1 rings (SSSR count). The summed E-state index contributed by atoms with van der Waals surface area (Å²) in [7, 11) is 1.75. The van der Waals surface area contributed by atoms with Gasteiger partial charge in [-0.3, -0.25) is 4.79 Å². The predicted octanol–water partition coefficient (Wildman–Crippen LogP) is 1.70. The molecular weight excluding hydrogens is 255 g/mol. The molecule has 0 saturated carbocycles. The molecule has 6 heteroatoms. The van der Waals surface area contributed by atoms with E-state index in [1.807, 2.05) is 12.1 Å². The predicted molar refractivity (Wildman–Crippen MR) is 67.2 cm³/mol. The van der Waals surface area contributed by atoms with E-state index in [1.54, 1.807) is 18.4 Å². The molecular formula is C9H14Cl2N2OS. The second-order valence-electron chi connectivity index (χ2n) is 2.84. The lowest BCUT2D eigenvalue weighted by atomic mass is 10.3. The van der Waals surface area contributed by atoms with Crippen LogP contribution in [0.2, 0.25) is 4.34 Å². The van der Waals surface area contributed by atoms with Crippen molar-refractivity contribution in [3.63, 3.8) is 0 Å². The number of hydrogen-bond acceptors (Lipinski definition) is 3. The number of thiophene rings is 1. The highest BCUT2D eigenvalue weighted by Crippen LogP contribution is 2.21. The summed E-state index contributed by atoms with van der Waals surface area (Å²) in [4.78, 5) is 12.2. The van der Waals surface area contributed by atoms with E-state index < -0.39 is 0 Å². The first kappa shape index (κ1) is 14.7. The highest BCUT2D eigenvalue weighted by atomic mass is 35.5. The van der Waals surface area contributed by atoms with Crippen LogP contribution in [0.4, 0.5) is 0 Å². The van der Waals surface area contributed by atoms with E-state index in [9.17, 15) is 4.79 Å². The molecule has 0 fully saturated rings. The van der Waals surface area contributed by atoms with Crippen LogP contribution in [0.3, 0.4) is 0 Å². The summed E-state index contributed by atoms with van der Waals surface area (Å²) in [5.41, 5.74) is 0. The summed E-state index contributed by atoms with van der Waals surface area (Å²) in [6.07, 6.45) is 0.840. The van der Waals surface area contributed by atoms with Gasteiger partial charge in [0.15, 0.2) is 0 Å². The van der Waals surface area contributed by atoms with Gasteiger partial charge in [-0.15, -0.1) is 23.7 Å². The minimum atomic E-state index is 0. The Balaban J connectivity index is 0.00000196. The minimum Gasteiger partial charge on any atom is -0.355 e. The lowest BCUT2D eigenvalue weighted by molar-refractivity contribution is -0.120. The number of likely N-dealkylation sites (N-methyl/N-ethyl adjacent to an activating group) is 1. The normalized spacial score (nSPS) is 9.47. The third kappa shape index (κ3) is 5.99. The molecule has 0 aliphatic carbocycles. The van der Waals surface area contributed by atoms with E-state index in [0.29, 0.717) is 13.1 Å². The molecule has 0 bridgehead atoms. The Bertz CT molecular complexity index is 304. The van der Waals surface area contributed by atoms with Crippen LogP contribution < -0.4 is 10.6 Å². The summed E-state index contributed by atoms with van der Waals surface area (Å²) in [6.45, 7) is 1.03. The lowest BCUT2D eigenvalue weighted by Crippen LogP contribution is -2.33. The average Bonchev–Trinajstić information content (AvgIpc) is 2.52. The fraction of sp³-hybridized carbons (Fsp3) is 0.444. The van der Waals surface area contributed by atoms with Crippen molar-refractivity contribution < 1.29 is 4.79 Å². The van der Waals surface area contributed by atoms with Gasteiger partial charge in [0.2, 0.25) is 5.91 Å². The molecule has 0 spiro atoms. The molecule has 1 aromatic heterocycles. The maximum Gasteiger partial charge on any atom is 0.233 e. The third-order valence-corrected chi connectivity index (χ3v) is 2.95. The van der Waals surface area contributed by atoms with Crippen LogP contribution in [-0.2, 0) is 11.2 Å². The Labute approximate surface area is 105 Å². The number of rotatable bonds is 5. The molecule has 86 valence electrons. The van der Waals surface area contributed by atoms with Gasteiger partial charge in [-0.1, -0.05) is 11.6 Å². The molecule has 1 heterocycles. The Morgan fingerprint density at radius 3 is 2.80 bits per heavy atom. The molecule has 0 unspecified atom stereocenters. The number of carbonyl (C=O) groups excluding carboxylic acids is 1. The molecule has 1 amide bonds. The fourth-order valence-corrected chi connectivity index (χ4v) is 2.12. The molecule has 0 aliphatic heterocycles. The quantitative estimate of drug-likeness (QED) is 0.854. The van der Waals surface area contributed by atoms with Gasteiger partial charge in [0, 0.05) is 11.4 Å². The van der Waals surface area contributed by atoms with Crippen LogP contribution in [0.25, 0.3) is 0 Å². The molecule has 2 N–H and O–H groups in total. The van der Waals surface area contributed by atoms with Crippen molar-refractivity contribution >= 4 is 41.3 Å². The second-order valence-corrected chi connectivity index (χ2v) is 4.64. The molecule has 0 aliphatic rings. The zero-order valence-electron chi connectivity index (χ0n) is 8.38. The van der Waals surface area contributed by atoms with Gasteiger partial charge >= 0.3 is 0 Å². The maximum absolute atomic E-state index is 11.0. The smallest absolute Gasteiger partial charge is 0.233 e. The van der Waals surface area contributed by atoms with Crippen molar-refractivity contribution in [2.24, 2.45) is 0 Å². The van der Waals surface area contributed by atoms with Crippen LogP contribution in [0.5, 0.6) is 0 Å². The summed E-state index contributed by atoms with van der Waals surface area (Å²) >= 11 is 7.32. The van der Waals surface area contributed by atoms with E-state index in [1.165, 1.54) is 4.88 Å². The van der Waals surface area contributed by atoms with Crippen molar-refractivity contribution in [2.45, 2.75) is 6.42 Å². The number of hydrogen-bond donors (Lipinski definition) is 2. The zero-order valence-corrected chi connectivity index (χ0v) is 10.8. The van der Waals surface area contributed by atoms with Crippen molar-refractivity contribution in [1.82, 2.24) is 10.6 Å². The maximum atomic E-state index is 11.0. The lowest BCUT2D eigenvalue weighted by Gasteiger charge is -2.02. The first-order chi connectivity index (χ1) is 6.72. The Morgan fingerprint density at radius 1 is 1.53 bits per heavy atom. The summed E-state index contributed by atoms with van der Waals surface area (Å²) in [5.74, 6) is 0.0233. The van der Waals surface area contributed by atoms with Crippen molar-refractivity contribution in [2.75, 3.05) is 20.1 Å². The summed E-state index contributed by atoms with van der Waals surface area (Å²) < 4.78 is 0.793. The number of nitrogens with one attached hydrogen (secondary N) is 2. The van der Waals surface area contributed by atoms with E-state index in [0.717, 1.165) is 10.8 Å². The van der Waals surface area contributed by atoms with Gasteiger partial charge in [-0.25, -0.2) is 0 Å². The first-order valence-electron chi connectivity index (χ1n) is 4.38. The first-order valence-corrected chi connectivity index (χ1v) is 5.57. The monoisotopic (exact) mass is 268 g/mol. The third-order valence-electron chi connectivity index (χ3n) is 1.66. The largest absolute Gasteiger partial charge is 0.355 e. The zero-order chi connectivity index (χ0) is 10.4. The van der Waals surface area contributed by atoms with E-state index in [-0.39, 0.29) is 18.3 Å². The van der Waals surface area contributed by atoms with Gasteiger partial charge < -0.3 is 10.6 Å². The van der Waals surface area contributed by atoms with Crippen molar-refractivity contribution in [3.05, 3.63) is 21.3 Å². The highest BCUT2D eigenvalue weighted by Gasteiger charge is 2.00. The molecule has 3 nitrogen and oxygen atoms in total. The number of amides is 1. The molecule has 0 atom stereocenters. The van der Waals surface area contributed by atoms with E-state index in [4.69, 9.17) is 11.6 Å². The number of halogens is 2. The number of carbonyl (C=O) groups is 1. The van der Waals surface area contributed by atoms with Gasteiger partial charge in [-0.05, 0) is 25.6 Å². The van der Waals surface area contributed by atoms with Gasteiger partial charge in [-0.2, -0.15) is 0 Å². The van der Waals surface area contributed by atoms with Gasteiger partial charge in [0.25, 0.3) is 0 Å². The van der Waals surface area contributed by atoms with Gasteiger partial charge in [0.1, 0.15) is 0 Å². The highest BCUT2D eigenvalue weighted by molar-refractivity contribution is 7.16. The molecule has 15 heavy (non-hydrogen) atoms. The summed E-state index contributed by atoms with van der Waals surface area (Å²) in [5, 5.41) is 5.59. The van der Waals surface area contributed by atoms with Crippen LogP contribution in [-0.4, -0.2) is 26.0 Å².